The van der Waals surface area contributed by atoms with Gasteiger partial charge in [-0.2, -0.15) is 10.2 Å². The predicted octanol–water partition coefficient (Wildman–Crippen LogP) is 1.22. The fourth-order valence-electron chi connectivity index (χ4n) is 3.85. The summed E-state index contributed by atoms with van der Waals surface area (Å²) in [6.45, 7) is 4.02. The maximum atomic E-state index is 13.9. The van der Waals surface area contributed by atoms with Gasteiger partial charge in [0.05, 0.1) is 31.4 Å². The SMILES string of the molecule is COc1ccc(F)cc1[C@@H](O)Cn1c(=O)n(C(C)(C)C(N)=O)c(=O)c2c(C)c(-n3nccn3)sc21. The first-order chi connectivity index (χ1) is 16.5. The predicted molar refractivity (Wildman–Crippen MR) is 126 cm³/mol. The van der Waals surface area contributed by atoms with Crippen LogP contribution in [0.4, 0.5) is 4.39 Å². The van der Waals surface area contributed by atoms with Crippen molar-refractivity contribution in [1.82, 2.24) is 24.1 Å². The van der Waals surface area contributed by atoms with E-state index in [1.807, 2.05) is 0 Å². The zero-order valence-electron chi connectivity index (χ0n) is 19.4. The van der Waals surface area contributed by atoms with E-state index in [0.29, 0.717) is 10.6 Å². The Morgan fingerprint density at radius 3 is 2.54 bits per heavy atom. The van der Waals surface area contributed by atoms with Crippen LogP contribution in [0.25, 0.3) is 15.2 Å². The standard InChI is InChI=1S/C22H23FN6O5S/c1-11-16-17(31)28(22(2,3)20(24)32)21(33)27(19(16)35-18(11)29-25-7-8-26-29)10-14(30)13-9-12(23)5-6-15(13)34-4/h5-9,14,30H,10H2,1-4H3,(H2,24,32)/t14-/m0/s1. The minimum absolute atomic E-state index is 0.113. The highest BCUT2D eigenvalue weighted by atomic mass is 32.1. The third kappa shape index (κ3) is 3.91. The molecule has 3 heterocycles. The number of fused-ring (bicyclic) bond motifs is 1. The van der Waals surface area contributed by atoms with Crippen LogP contribution in [0.5, 0.6) is 5.75 Å². The van der Waals surface area contributed by atoms with E-state index in [2.05, 4.69) is 10.2 Å². The van der Waals surface area contributed by atoms with Crippen LogP contribution >= 0.6 is 11.3 Å². The van der Waals surface area contributed by atoms with Crippen molar-refractivity contribution in [2.24, 2.45) is 5.73 Å². The molecule has 0 bridgehead atoms. The number of benzene rings is 1. The zero-order valence-corrected chi connectivity index (χ0v) is 20.2. The van der Waals surface area contributed by atoms with Crippen LogP contribution < -0.4 is 21.7 Å². The summed E-state index contributed by atoms with van der Waals surface area (Å²) < 4.78 is 21.1. The molecule has 4 aromatic rings. The van der Waals surface area contributed by atoms with Gasteiger partial charge in [0.1, 0.15) is 33.0 Å². The van der Waals surface area contributed by atoms with Crippen LogP contribution in [0.15, 0.2) is 40.2 Å². The van der Waals surface area contributed by atoms with Gasteiger partial charge in [-0.1, -0.05) is 11.3 Å². The molecule has 0 saturated heterocycles. The number of halogens is 1. The summed E-state index contributed by atoms with van der Waals surface area (Å²) in [6.07, 6.45) is 1.54. The average molecular weight is 503 g/mol. The van der Waals surface area contributed by atoms with E-state index in [1.165, 1.54) is 54.8 Å². The first-order valence-corrected chi connectivity index (χ1v) is 11.3. The highest BCUT2D eigenvalue weighted by molar-refractivity contribution is 7.21. The quantitative estimate of drug-likeness (QED) is 0.386. The fourth-order valence-corrected chi connectivity index (χ4v) is 5.07. The number of aliphatic hydroxyl groups is 1. The van der Waals surface area contributed by atoms with Gasteiger partial charge < -0.3 is 15.6 Å². The van der Waals surface area contributed by atoms with Gasteiger partial charge in [0.25, 0.3) is 5.56 Å². The van der Waals surface area contributed by atoms with E-state index in [9.17, 15) is 23.9 Å². The number of aryl methyl sites for hydroxylation is 1. The Bertz CT molecular complexity index is 1550. The Balaban J connectivity index is 2.03. The second kappa shape index (κ2) is 8.74. The molecular formula is C22H23FN6O5S. The minimum Gasteiger partial charge on any atom is -0.496 e. The van der Waals surface area contributed by atoms with Crippen LogP contribution in [-0.2, 0) is 16.9 Å². The molecule has 0 aliphatic carbocycles. The van der Waals surface area contributed by atoms with Gasteiger partial charge in [0.2, 0.25) is 5.91 Å². The first kappa shape index (κ1) is 24.3. The van der Waals surface area contributed by atoms with Gasteiger partial charge in [-0.05, 0) is 39.0 Å². The smallest absolute Gasteiger partial charge is 0.333 e. The molecule has 13 heteroatoms. The fraction of sp³-hybridized carbons (Fsp3) is 0.318. The summed E-state index contributed by atoms with van der Waals surface area (Å²) >= 11 is 1.07. The normalized spacial score (nSPS) is 12.7. The molecule has 0 aliphatic rings. The number of primary amides is 1. The van der Waals surface area contributed by atoms with Crippen LogP contribution in [-0.4, -0.2) is 42.3 Å². The van der Waals surface area contributed by atoms with Crippen molar-refractivity contribution in [3.63, 3.8) is 0 Å². The number of thiophene rings is 1. The number of amides is 1. The lowest BCUT2D eigenvalue weighted by atomic mass is 10.0. The Labute approximate surface area is 201 Å². The lowest BCUT2D eigenvalue weighted by Gasteiger charge is -2.25. The van der Waals surface area contributed by atoms with Crippen LogP contribution in [0.2, 0.25) is 0 Å². The largest absolute Gasteiger partial charge is 0.496 e. The summed E-state index contributed by atoms with van der Waals surface area (Å²) in [5.74, 6) is -1.27. The van der Waals surface area contributed by atoms with Crippen molar-refractivity contribution in [2.75, 3.05) is 7.11 Å². The first-order valence-electron chi connectivity index (χ1n) is 10.5. The van der Waals surface area contributed by atoms with E-state index in [4.69, 9.17) is 10.5 Å². The number of carbonyl (C=O) groups is 1. The number of methoxy groups -OCH3 is 1. The average Bonchev–Trinajstić information content (AvgIpc) is 3.44. The van der Waals surface area contributed by atoms with E-state index < -0.39 is 34.6 Å². The van der Waals surface area contributed by atoms with Gasteiger partial charge in [0.15, 0.2) is 0 Å². The highest BCUT2D eigenvalue weighted by Gasteiger charge is 2.34. The molecule has 0 aliphatic heterocycles. The Kier molecular flexibility index (Phi) is 6.07. The Morgan fingerprint density at radius 2 is 1.94 bits per heavy atom. The molecule has 184 valence electrons. The molecule has 0 saturated carbocycles. The van der Waals surface area contributed by atoms with Gasteiger partial charge in [0, 0.05) is 11.1 Å². The number of rotatable bonds is 7. The summed E-state index contributed by atoms with van der Waals surface area (Å²) in [5, 5.41) is 19.8. The molecular weight excluding hydrogens is 479 g/mol. The van der Waals surface area contributed by atoms with Crippen molar-refractivity contribution in [1.29, 1.82) is 0 Å². The van der Waals surface area contributed by atoms with Crippen LogP contribution in [0.1, 0.15) is 31.1 Å². The van der Waals surface area contributed by atoms with E-state index in [-0.39, 0.29) is 28.1 Å². The van der Waals surface area contributed by atoms with Crippen molar-refractivity contribution in [3.8, 4) is 10.8 Å². The van der Waals surface area contributed by atoms with E-state index >= 15 is 0 Å². The summed E-state index contributed by atoms with van der Waals surface area (Å²) in [4.78, 5) is 40.9. The highest BCUT2D eigenvalue weighted by Crippen LogP contribution is 2.33. The number of carbonyl (C=O) groups excluding carboxylic acids is 1. The molecule has 35 heavy (non-hydrogen) atoms. The van der Waals surface area contributed by atoms with Crippen molar-refractivity contribution in [2.45, 2.75) is 39.0 Å². The Morgan fingerprint density at radius 1 is 1.29 bits per heavy atom. The molecule has 3 N–H and O–H groups in total. The third-order valence-corrected chi connectivity index (χ3v) is 7.14. The maximum absolute atomic E-state index is 13.9. The number of nitrogens with two attached hydrogens (primary N) is 1. The summed E-state index contributed by atoms with van der Waals surface area (Å²) in [6, 6.07) is 3.65. The van der Waals surface area contributed by atoms with Crippen LogP contribution in [0.3, 0.4) is 0 Å². The number of nitrogens with zero attached hydrogens (tertiary/aromatic N) is 5. The molecule has 0 radical (unpaired) electrons. The second-order valence-electron chi connectivity index (χ2n) is 8.39. The van der Waals surface area contributed by atoms with Crippen LogP contribution in [0, 0.1) is 12.7 Å². The number of ether oxygens (including phenoxy) is 1. The van der Waals surface area contributed by atoms with Gasteiger partial charge in [-0.25, -0.2) is 13.8 Å². The molecule has 0 spiro atoms. The van der Waals surface area contributed by atoms with Crippen molar-refractivity contribution < 1.29 is 19.0 Å². The monoisotopic (exact) mass is 502 g/mol. The van der Waals surface area contributed by atoms with Crippen molar-refractivity contribution >= 4 is 27.5 Å². The lowest BCUT2D eigenvalue weighted by Crippen LogP contribution is -2.54. The summed E-state index contributed by atoms with van der Waals surface area (Å²) in [5.41, 5.74) is 2.87. The van der Waals surface area contributed by atoms with E-state index in [0.717, 1.165) is 22.0 Å². The molecule has 4 rings (SSSR count). The Hall–Kier alpha value is -3.84. The number of aliphatic hydroxyl groups excluding tert-OH is 1. The van der Waals surface area contributed by atoms with Gasteiger partial charge in [-0.15, -0.1) is 4.80 Å². The van der Waals surface area contributed by atoms with Gasteiger partial charge >= 0.3 is 5.69 Å². The molecule has 1 aromatic carbocycles. The molecule has 0 fully saturated rings. The summed E-state index contributed by atoms with van der Waals surface area (Å²) in [7, 11) is 1.37. The van der Waals surface area contributed by atoms with Crippen molar-refractivity contribution in [3.05, 3.63) is 68.4 Å². The number of hydrogen-bond acceptors (Lipinski definition) is 8. The molecule has 3 aromatic heterocycles. The molecule has 0 unspecified atom stereocenters. The molecule has 1 atom stereocenters. The zero-order chi connectivity index (χ0) is 25.7. The number of aromatic nitrogens is 5. The number of hydrogen-bond donors (Lipinski definition) is 2. The van der Waals surface area contributed by atoms with Gasteiger partial charge in [-0.3, -0.25) is 14.2 Å². The molecule has 1 amide bonds. The topological polar surface area (TPSA) is 147 Å². The van der Waals surface area contributed by atoms with E-state index in [1.54, 1.807) is 6.92 Å². The third-order valence-electron chi connectivity index (χ3n) is 5.86. The minimum atomic E-state index is -1.68. The maximum Gasteiger partial charge on any atom is 0.333 e. The lowest BCUT2D eigenvalue weighted by molar-refractivity contribution is -0.125. The molecule has 11 nitrogen and oxygen atoms in total. The second-order valence-corrected chi connectivity index (χ2v) is 9.37.